The van der Waals surface area contributed by atoms with Crippen LogP contribution in [-0.4, -0.2) is 65.2 Å². The number of aliphatic hydroxyl groups excluding tert-OH is 4. The molecule has 1 aliphatic rings. The average Bonchev–Trinajstić information content (AvgIpc) is 2.83. The molecule has 0 radical (unpaired) electrons. The molecular weight excluding hydrogens is 448 g/mol. The maximum atomic E-state index is 10.7. The van der Waals surface area contributed by atoms with Crippen LogP contribution in [0.3, 0.4) is 0 Å². The lowest BCUT2D eigenvalue weighted by Gasteiger charge is -2.41. The van der Waals surface area contributed by atoms with E-state index in [4.69, 9.17) is 25.8 Å². The quantitative estimate of drug-likeness (QED) is 0.341. The van der Waals surface area contributed by atoms with Crippen molar-refractivity contribution in [3.05, 3.63) is 63.7 Å². The second-order valence-electron chi connectivity index (χ2n) is 7.84. The standard InChI is InChI=1S/C25H29ClO7/c1-3-4-9-32-14-17-12-20(26)16(10-15-5-7-18(31-2)8-6-15)11-19(17)25-24(30)23(29)22(28)21(13-27)33-25/h5-8,11-12,21-25,27-30H,9-10,13-14H2,1-2H3/t21-,22-,23+,24-,25+/m1/s1. The number of aliphatic hydroxyl groups is 4. The largest absolute Gasteiger partial charge is 0.497 e. The Kier molecular flexibility index (Phi) is 9.12. The first-order chi connectivity index (χ1) is 15.9. The highest BCUT2D eigenvalue weighted by Crippen LogP contribution is 2.37. The maximum absolute atomic E-state index is 10.7. The molecule has 0 spiro atoms. The molecule has 3 rings (SSSR count). The van der Waals surface area contributed by atoms with Crippen molar-refractivity contribution in [3.8, 4) is 17.6 Å². The molecule has 8 heteroatoms. The molecule has 178 valence electrons. The Morgan fingerprint density at radius 2 is 1.76 bits per heavy atom. The molecule has 0 saturated carbocycles. The van der Waals surface area contributed by atoms with Gasteiger partial charge in [-0.05, 0) is 53.8 Å². The summed E-state index contributed by atoms with van der Waals surface area (Å²) >= 11 is 6.59. The predicted molar refractivity (Wildman–Crippen MR) is 123 cm³/mol. The molecule has 2 aromatic carbocycles. The van der Waals surface area contributed by atoms with Crippen molar-refractivity contribution in [1.29, 1.82) is 0 Å². The normalized spacial score (nSPS) is 24.8. The highest BCUT2D eigenvalue weighted by molar-refractivity contribution is 6.31. The van der Waals surface area contributed by atoms with E-state index in [-0.39, 0.29) is 13.2 Å². The molecule has 7 nitrogen and oxygen atoms in total. The summed E-state index contributed by atoms with van der Waals surface area (Å²) in [6.07, 6.45) is -5.84. The van der Waals surface area contributed by atoms with Gasteiger partial charge in [-0.15, -0.1) is 5.92 Å². The molecular formula is C25H29ClO7. The molecule has 4 N–H and O–H groups in total. The van der Waals surface area contributed by atoms with E-state index in [1.165, 1.54) is 0 Å². The Labute approximate surface area is 198 Å². The second-order valence-corrected chi connectivity index (χ2v) is 8.24. The minimum Gasteiger partial charge on any atom is -0.497 e. The Balaban J connectivity index is 1.97. The van der Waals surface area contributed by atoms with Crippen molar-refractivity contribution < 1.29 is 34.6 Å². The molecule has 0 amide bonds. The SMILES string of the molecule is CC#CCOCc1cc(Cl)c(Cc2ccc(OC)cc2)cc1[C@@H]1O[C@H](CO)[C@@H](O)[C@H](O)[C@H]1O. The summed E-state index contributed by atoms with van der Waals surface area (Å²) in [7, 11) is 1.60. The van der Waals surface area contributed by atoms with E-state index >= 15 is 0 Å². The van der Waals surface area contributed by atoms with Gasteiger partial charge < -0.3 is 34.6 Å². The molecule has 33 heavy (non-hydrogen) atoms. The van der Waals surface area contributed by atoms with Crippen LogP contribution in [0.4, 0.5) is 0 Å². The van der Waals surface area contributed by atoms with Gasteiger partial charge in [0.2, 0.25) is 0 Å². The fourth-order valence-electron chi connectivity index (χ4n) is 3.81. The number of hydrogen-bond donors (Lipinski definition) is 4. The molecule has 0 unspecified atom stereocenters. The summed E-state index contributed by atoms with van der Waals surface area (Å²) < 4.78 is 16.6. The van der Waals surface area contributed by atoms with Gasteiger partial charge in [-0.1, -0.05) is 35.7 Å². The van der Waals surface area contributed by atoms with E-state index in [1.54, 1.807) is 20.1 Å². The van der Waals surface area contributed by atoms with Crippen LogP contribution < -0.4 is 4.74 Å². The fraction of sp³-hybridized carbons (Fsp3) is 0.440. The fourth-order valence-corrected chi connectivity index (χ4v) is 4.06. The summed E-state index contributed by atoms with van der Waals surface area (Å²) in [5.74, 6) is 6.32. The monoisotopic (exact) mass is 476 g/mol. The van der Waals surface area contributed by atoms with Gasteiger partial charge in [-0.25, -0.2) is 0 Å². The summed E-state index contributed by atoms with van der Waals surface area (Å²) in [5.41, 5.74) is 3.00. The van der Waals surface area contributed by atoms with Gasteiger partial charge in [0.05, 0.1) is 20.3 Å². The van der Waals surface area contributed by atoms with Gasteiger partial charge in [0, 0.05) is 5.02 Å². The summed E-state index contributed by atoms with van der Waals surface area (Å²) in [4.78, 5) is 0. The van der Waals surface area contributed by atoms with Gasteiger partial charge in [0.25, 0.3) is 0 Å². The topological polar surface area (TPSA) is 109 Å². The first-order valence-electron chi connectivity index (χ1n) is 10.6. The van der Waals surface area contributed by atoms with Crippen molar-refractivity contribution in [2.24, 2.45) is 0 Å². The molecule has 2 aromatic rings. The van der Waals surface area contributed by atoms with Crippen LogP contribution in [0.1, 0.15) is 35.3 Å². The Hall–Kier alpha value is -2.15. The van der Waals surface area contributed by atoms with E-state index in [9.17, 15) is 20.4 Å². The van der Waals surface area contributed by atoms with E-state index in [0.717, 1.165) is 16.9 Å². The maximum Gasteiger partial charge on any atom is 0.118 e. The molecule has 1 saturated heterocycles. The summed E-state index contributed by atoms with van der Waals surface area (Å²) in [6.45, 7) is 1.58. The third-order valence-corrected chi connectivity index (χ3v) is 6.02. The molecule has 5 atom stereocenters. The minimum atomic E-state index is -1.48. The molecule has 0 bridgehead atoms. The number of benzene rings is 2. The van der Waals surface area contributed by atoms with Gasteiger partial charge >= 0.3 is 0 Å². The van der Waals surface area contributed by atoms with Crippen molar-refractivity contribution in [1.82, 2.24) is 0 Å². The second kappa shape index (κ2) is 11.8. The van der Waals surface area contributed by atoms with Crippen LogP contribution in [0.25, 0.3) is 0 Å². The lowest BCUT2D eigenvalue weighted by molar-refractivity contribution is -0.232. The Morgan fingerprint density at radius 3 is 2.39 bits per heavy atom. The highest BCUT2D eigenvalue weighted by Gasteiger charge is 2.44. The smallest absolute Gasteiger partial charge is 0.118 e. The van der Waals surface area contributed by atoms with Gasteiger partial charge in [-0.2, -0.15) is 0 Å². The van der Waals surface area contributed by atoms with E-state index < -0.39 is 37.1 Å². The third-order valence-electron chi connectivity index (χ3n) is 5.67. The zero-order valence-electron chi connectivity index (χ0n) is 18.6. The van der Waals surface area contributed by atoms with E-state index in [2.05, 4.69) is 11.8 Å². The van der Waals surface area contributed by atoms with Crippen LogP contribution in [0.15, 0.2) is 36.4 Å². The highest BCUT2D eigenvalue weighted by atomic mass is 35.5. The molecule has 0 aromatic heterocycles. The Bertz CT molecular complexity index is 981. The van der Waals surface area contributed by atoms with Gasteiger partial charge in [0.1, 0.15) is 42.9 Å². The van der Waals surface area contributed by atoms with Crippen molar-refractivity contribution in [2.75, 3.05) is 20.3 Å². The minimum absolute atomic E-state index is 0.154. The van der Waals surface area contributed by atoms with Crippen LogP contribution in [0, 0.1) is 11.8 Å². The summed E-state index contributed by atoms with van der Waals surface area (Å²) in [6, 6.07) is 11.1. The zero-order chi connectivity index (χ0) is 24.0. The van der Waals surface area contributed by atoms with E-state index in [0.29, 0.717) is 22.6 Å². The summed E-state index contributed by atoms with van der Waals surface area (Å²) in [5, 5.41) is 41.2. The number of ether oxygens (including phenoxy) is 3. The molecule has 1 aliphatic heterocycles. The average molecular weight is 477 g/mol. The van der Waals surface area contributed by atoms with Crippen molar-refractivity contribution in [3.63, 3.8) is 0 Å². The first kappa shape index (κ1) is 25.5. The lowest BCUT2D eigenvalue weighted by Crippen LogP contribution is -2.55. The lowest BCUT2D eigenvalue weighted by atomic mass is 9.87. The van der Waals surface area contributed by atoms with Crippen LogP contribution in [-0.2, 0) is 22.5 Å². The number of hydrogen-bond acceptors (Lipinski definition) is 7. The van der Waals surface area contributed by atoms with Crippen LogP contribution in [0.2, 0.25) is 5.02 Å². The predicted octanol–water partition coefficient (Wildman–Crippen LogP) is 1.99. The van der Waals surface area contributed by atoms with Crippen molar-refractivity contribution >= 4 is 11.6 Å². The third kappa shape index (κ3) is 6.05. The first-order valence-corrected chi connectivity index (χ1v) is 11.0. The molecule has 1 heterocycles. The van der Waals surface area contributed by atoms with Crippen molar-refractivity contribution in [2.45, 2.75) is 50.5 Å². The Morgan fingerprint density at radius 1 is 1.03 bits per heavy atom. The number of halogens is 1. The van der Waals surface area contributed by atoms with Crippen LogP contribution >= 0.6 is 11.6 Å². The van der Waals surface area contributed by atoms with Gasteiger partial charge in [-0.3, -0.25) is 0 Å². The number of methoxy groups -OCH3 is 1. The van der Waals surface area contributed by atoms with E-state index in [1.807, 2.05) is 30.3 Å². The van der Waals surface area contributed by atoms with Crippen LogP contribution in [0.5, 0.6) is 5.75 Å². The number of rotatable bonds is 8. The molecule has 0 aliphatic carbocycles. The molecule has 1 fully saturated rings. The van der Waals surface area contributed by atoms with Gasteiger partial charge in [0.15, 0.2) is 0 Å². The zero-order valence-corrected chi connectivity index (χ0v) is 19.3.